The van der Waals surface area contributed by atoms with Crippen LogP contribution in [0, 0.1) is 11.3 Å². The van der Waals surface area contributed by atoms with Gasteiger partial charge in [-0.3, -0.25) is 0 Å². The van der Waals surface area contributed by atoms with Crippen LogP contribution in [0.1, 0.15) is 25.3 Å². The molecular weight excluding hydrogens is 240 g/mol. The highest BCUT2D eigenvalue weighted by atomic mass is 32.2. The van der Waals surface area contributed by atoms with E-state index >= 15 is 0 Å². The van der Waals surface area contributed by atoms with Crippen molar-refractivity contribution in [3.8, 4) is 0 Å². The van der Waals surface area contributed by atoms with Crippen LogP contribution < -0.4 is 5.14 Å². The quantitative estimate of drug-likeness (QED) is 0.802. The van der Waals surface area contributed by atoms with Gasteiger partial charge in [-0.1, -0.05) is 19.9 Å². The second kappa shape index (κ2) is 3.61. The summed E-state index contributed by atoms with van der Waals surface area (Å²) in [6.45, 7) is 4.01. The minimum atomic E-state index is -3.75. The number of nitrogens with two attached hydrogens (primary N) is 1. The maximum atomic E-state index is 11.0. The third kappa shape index (κ3) is 1.98. The molecule has 0 aliphatic heterocycles. The van der Waals surface area contributed by atoms with E-state index in [2.05, 4.69) is 4.98 Å². The van der Waals surface area contributed by atoms with Gasteiger partial charge in [0.2, 0.25) is 0 Å². The Labute approximate surface area is 100 Å². The number of rotatable bonds is 3. The molecule has 2 N–H and O–H groups in total. The van der Waals surface area contributed by atoms with Gasteiger partial charge in [0.1, 0.15) is 6.29 Å². The minimum Gasteiger partial charge on any atom is -0.303 e. The molecular formula is C11H14N2O3S. The molecule has 0 radical (unpaired) electrons. The van der Waals surface area contributed by atoms with Crippen LogP contribution in [0.2, 0.25) is 0 Å². The number of hydrogen-bond acceptors (Lipinski definition) is 4. The predicted molar refractivity (Wildman–Crippen MR) is 61.7 cm³/mol. The van der Waals surface area contributed by atoms with E-state index in [-0.39, 0.29) is 22.3 Å². The Morgan fingerprint density at radius 3 is 2.41 bits per heavy atom. The Balaban J connectivity index is 2.30. The third-order valence-electron chi connectivity index (χ3n) is 3.47. The van der Waals surface area contributed by atoms with Crippen LogP contribution in [0.25, 0.3) is 0 Å². The minimum absolute atomic E-state index is 0.0235. The highest BCUT2D eigenvalue weighted by molar-refractivity contribution is 7.89. The molecule has 17 heavy (non-hydrogen) atoms. The zero-order chi connectivity index (χ0) is 12.8. The molecule has 92 valence electrons. The number of primary sulfonamides is 1. The lowest BCUT2D eigenvalue weighted by Crippen LogP contribution is -2.13. The Bertz CT molecular complexity index is 549. The topological polar surface area (TPSA) is 90.1 Å². The summed E-state index contributed by atoms with van der Waals surface area (Å²) in [6.07, 6.45) is 2.42. The van der Waals surface area contributed by atoms with Crippen molar-refractivity contribution in [2.45, 2.75) is 24.8 Å². The molecule has 5 nitrogen and oxygen atoms in total. The van der Waals surface area contributed by atoms with Crippen molar-refractivity contribution in [3.63, 3.8) is 0 Å². The lowest BCUT2D eigenvalue weighted by atomic mass is 10.1. The summed E-state index contributed by atoms with van der Waals surface area (Å²) >= 11 is 0. The van der Waals surface area contributed by atoms with Crippen molar-refractivity contribution >= 4 is 16.3 Å². The number of hydrogen-bond donors (Lipinski definition) is 1. The third-order valence-corrected chi connectivity index (χ3v) is 4.29. The summed E-state index contributed by atoms with van der Waals surface area (Å²) in [7, 11) is -3.75. The summed E-state index contributed by atoms with van der Waals surface area (Å²) in [4.78, 5) is 14.7. The Morgan fingerprint density at radius 2 is 2.06 bits per heavy atom. The number of carbonyl (C=O) groups excluding carboxylic acids is 1. The second-order valence-corrected chi connectivity index (χ2v) is 6.44. The smallest absolute Gasteiger partial charge is 0.255 e. The van der Waals surface area contributed by atoms with Gasteiger partial charge in [-0.05, 0) is 17.0 Å². The van der Waals surface area contributed by atoms with E-state index in [9.17, 15) is 13.2 Å². The van der Waals surface area contributed by atoms with Crippen molar-refractivity contribution in [2.75, 3.05) is 0 Å². The lowest BCUT2D eigenvalue weighted by molar-refractivity contribution is -0.109. The van der Waals surface area contributed by atoms with Crippen LogP contribution in [0.5, 0.6) is 0 Å². The van der Waals surface area contributed by atoms with Gasteiger partial charge in [0.25, 0.3) is 10.0 Å². The zero-order valence-corrected chi connectivity index (χ0v) is 10.4. The van der Waals surface area contributed by atoms with E-state index in [0.717, 1.165) is 11.8 Å². The largest absolute Gasteiger partial charge is 0.303 e. The maximum Gasteiger partial charge on any atom is 0.255 e. The van der Waals surface area contributed by atoms with E-state index in [4.69, 9.17) is 5.14 Å². The van der Waals surface area contributed by atoms with Crippen LogP contribution in [-0.2, 0) is 14.8 Å². The molecule has 2 atom stereocenters. The summed E-state index contributed by atoms with van der Waals surface area (Å²) in [5, 5.41) is 4.81. The van der Waals surface area contributed by atoms with Crippen LogP contribution in [-0.4, -0.2) is 19.7 Å². The Hall–Kier alpha value is -1.27. The van der Waals surface area contributed by atoms with Gasteiger partial charge in [-0.25, -0.2) is 18.5 Å². The van der Waals surface area contributed by atoms with Gasteiger partial charge >= 0.3 is 0 Å². The first kappa shape index (κ1) is 12.2. The van der Waals surface area contributed by atoms with Gasteiger partial charge < -0.3 is 4.79 Å². The number of aromatic nitrogens is 1. The van der Waals surface area contributed by atoms with E-state index in [1.54, 1.807) is 6.07 Å². The maximum absolute atomic E-state index is 11.0. The molecule has 0 spiro atoms. The molecule has 1 aliphatic rings. The number of sulfonamides is 1. The van der Waals surface area contributed by atoms with Crippen LogP contribution in [0.15, 0.2) is 23.4 Å². The van der Waals surface area contributed by atoms with Crippen LogP contribution >= 0.6 is 0 Å². The highest BCUT2D eigenvalue weighted by Crippen LogP contribution is 2.63. The van der Waals surface area contributed by atoms with Crippen LogP contribution in [0.4, 0.5) is 0 Å². The Morgan fingerprint density at radius 1 is 1.41 bits per heavy atom. The summed E-state index contributed by atoms with van der Waals surface area (Å²) in [5.74, 6) is 0.0895. The summed E-state index contributed by atoms with van der Waals surface area (Å²) in [5.41, 5.74) is 0.798. The van der Waals surface area contributed by atoms with E-state index in [1.165, 1.54) is 12.3 Å². The average Bonchev–Trinajstić information content (AvgIpc) is 2.79. The molecule has 6 heteroatoms. The van der Waals surface area contributed by atoms with Crippen molar-refractivity contribution in [1.29, 1.82) is 0 Å². The van der Waals surface area contributed by atoms with Gasteiger partial charge in [0.05, 0.1) is 0 Å². The van der Waals surface area contributed by atoms with Gasteiger partial charge in [-0.2, -0.15) is 0 Å². The van der Waals surface area contributed by atoms with Crippen molar-refractivity contribution in [2.24, 2.45) is 16.5 Å². The molecule has 1 aromatic rings. The van der Waals surface area contributed by atoms with Gasteiger partial charge in [0.15, 0.2) is 5.03 Å². The molecule has 1 heterocycles. The number of pyridine rings is 1. The summed E-state index contributed by atoms with van der Waals surface area (Å²) < 4.78 is 22.1. The first-order valence-corrected chi connectivity index (χ1v) is 6.77. The molecule has 0 aromatic carbocycles. The SMILES string of the molecule is CC1(C)[C@@H](C=O)[C@@H]1c1ccc(S(N)(=O)=O)nc1. The molecule has 0 saturated heterocycles. The lowest BCUT2D eigenvalue weighted by Gasteiger charge is -2.03. The first-order chi connectivity index (χ1) is 7.78. The molecule has 1 aromatic heterocycles. The fourth-order valence-electron chi connectivity index (χ4n) is 2.31. The van der Waals surface area contributed by atoms with E-state index < -0.39 is 10.0 Å². The average molecular weight is 254 g/mol. The molecule has 0 amide bonds. The normalized spacial score (nSPS) is 26.5. The molecule has 0 unspecified atom stereocenters. The number of aldehydes is 1. The number of nitrogens with zero attached hydrogens (tertiary/aromatic N) is 1. The molecule has 2 rings (SSSR count). The van der Waals surface area contributed by atoms with E-state index in [1.807, 2.05) is 13.8 Å². The summed E-state index contributed by atoms with van der Waals surface area (Å²) in [6, 6.07) is 3.05. The molecule has 1 fully saturated rings. The van der Waals surface area contributed by atoms with Gasteiger partial charge in [-0.15, -0.1) is 0 Å². The van der Waals surface area contributed by atoms with Crippen molar-refractivity contribution in [1.82, 2.24) is 4.98 Å². The predicted octanol–water partition coefficient (Wildman–Crippen LogP) is 0.667. The highest BCUT2D eigenvalue weighted by Gasteiger charge is 2.58. The second-order valence-electron chi connectivity index (χ2n) is 4.94. The van der Waals surface area contributed by atoms with Crippen molar-refractivity contribution < 1.29 is 13.2 Å². The molecule has 1 aliphatic carbocycles. The fourth-order valence-corrected chi connectivity index (χ4v) is 2.77. The van der Waals surface area contributed by atoms with Crippen molar-refractivity contribution in [3.05, 3.63) is 23.9 Å². The molecule has 0 bridgehead atoms. The first-order valence-electron chi connectivity index (χ1n) is 5.22. The fraction of sp³-hybridized carbons (Fsp3) is 0.455. The standard InChI is InChI=1S/C11H14N2O3S/c1-11(2)8(6-14)10(11)7-3-4-9(13-5-7)17(12,15)16/h3-6,8,10H,1-2H3,(H2,12,15,16)/t8-,10-/m0/s1. The number of carbonyl (C=O) groups is 1. The zero-order valence-electron chi connectivity index (χ0n) is 9.62. The van der Waals surface area contributed by atoms with E-state index in [0.29, 0.717) is 0 Å². The Kier molecular flexibility index (Phi) is 2.59. The van der Waals surface area contributed by atoms with Crippen LogP contribution in [0.3, 0.4) is 0 Å². The molecule has 1 saturated carbocycles. The monoisotopic (exact) mass is 254 g/mol. The van der Waals surface area contributed by atoms with Gasteiger partial charge in [0, 0.05) is 18.0 Å².